The average Bonchev–Trinajstić information content (AvgIpc) is 2.61. The van der Waals surface area contributed by atoms with Crippen LogP contribution in [0.25, 0.3) is 0 Å². The number of carbonyl (C=O) groups excluding carboxylic acids is 2. The Labute approximate surface area is 167 Å². The molecule has 2 amide bonds. The number of nitrogens with one attached hydrogen (secondary N) is 1. The maximum Gasteiger partial charge on any atom is 0.265 e. The summed E-state index contributed by atoms with van der Waals surface area (Å²) in [5, 5.41) is 2.76. The van der Waals surface area contributed by atoms with E-state index in [1.165, 1.54) is 4.90 Å². The van der Waals surface area contributed by atoms with Crippen LogP contribution < -0.4 is 19.7 Å². The molecule has 0 aromatic heterocycles. The van der Waals surface area contributed by atoms with Gasteiger partial charge in [-0.15, -0.1) is 0 Å². The number of benzene rings is 2. The fourth-order valence-electron chi connectivity index (χ4n) is 2.47. The maximum atomic E-state index is 12.2. The molecular formula is C18H16Br2N2O4. The predicted octanol–water partition coefficient (Wildman–Crippen LogP) is 3.13. The minimum Gasteiger partial charge on any atom is -0.492 e. The Hall–Kier alpha value is -2.06. The van der Waals surface area contributed by atoms with Crippen LogP contribution in [0, 0.1) is 0 Å². The highest BCUT2D eigenvalue weighted by Gasteiger charge is 2.27. The molecule has 6 nitrogen and oxygen atoms in total. The van der Waals surface area contributed by atoms with E-state index in [1.807, 2.05) is 24.3 Å². The van der Waals surface area contributed by atoms with E-state index in [1.54, 1.807) is 18.2 Å². The van der Waals surface area contributed by atoms with Gasteiger partial charge in [0.1, 0.15) is 24.7 Å². The SMILES string of the molecule is O=C(CN1C(=O)COc2cc(Br)ccc21)NCCOc1cccc(Br)c1. The van der Waals surface area contributed by atoms with Gasteiger partial charge in [0, 0.05) is 8.95 Å². The highest BCUT2D eigenvalue weighted by atomic mass is 79.9. The number of hydrogen-bond acceptors (Lipinski definition) is 4. The van der Waals surface area contributed by atoms with Crippen LogP contribution in [-0.4, -0.2) is 38.1 Å². The number of anilines is 1. The number of rotatable bonds is 6. The highest BCUT2D eigenvalue weighted by Crippen LogP contribution is 2.34. The van der Waals surface area contributed by atoms with Crippen LogP contribution in [-0.2, 0) is 9.59 Å². The van der Waals surface area contributed by atoms with Gasteiger partial charge in [0.15, 0.2) is 6.61 Å². The summed E-state index contributed by atoms with van der Waals surface area (Å²) in [6.07, 6.45) is 0. The van der Waals surface area contributed by atoms with E-state index >= 15 is 0 Å². The monoisotopic (exact) mass is 482 g/mol. The van der Waals surface area contributed by atoms with Crippen LogP contribution in [0.4, 0.5) is 5.69 Å². The molecule has 0 fully saturated rings. The van der Waals surface area contributed by atoms with Crippen molar-refractivity contribution in [2.75, 3.05) is 31.2 Å². The van der Waals surface area contributed by atoms with Gasteiger partial charge in [-0.25, -0.2) is 0 Å². The van der Waals surface area contributed by atoms with Gasteiger partial charge in [0.2, 0.25) is 5.91 Å². The molecule has 26 heavy (non-hydrogen) atoms. The van der Waals surface area contributed by atoms with E-state index in [9.17, 15) is 9.59 Å². The lowest BCUT2D eigenvalue weighted by molar-refractivity contribution is -0.125. The molecule has 0 spiro atoms. The Kier molecular flexibility index (Phi) is 6.16. The fourth-order valence-corrected chi connectivity index (χ4v) is 3.19. The largest absolute Gasteiger partial charge is 0.492 e. The summed E-state index contributed by atoms with van der Waals surface area (Å²) in [4.78, 5) is 25.7. The van der Waals surface area contributed by atoms with Gasteiger partial charge >= 0.3 is 0 Å². The summed E-state index contributed by atoms with van der Waals surface area (Å²) in [6, 6.07) is 12.8. The number of hydrogen-bond donors (Lipinski definition) is 1. The number of nitrogens with zero attached hydrogens (tertiary/aromatic N) is 1. The van der Waals surface area contributed by atoms with E-state index in [0.29, 0.717) is 24.6 Å². The highest BCUT2D eigenvalue weighted by molar-refractivity contribution is 9.10. The number of carbonyl (C=O) groups is 2. The molecule has 1 aliphatic rings. The fraction of sp³-hybridized carbons (Fsp3) is 0.222. The van der Waals surface area contributed by atoms with Crippen molar-refractivity contribution in [2.24, 2.45) is 0 Å². The molecule has 1 aliphatic heterocycles. The summed E-state index contributed by atoms with van der Waals surface area (Å²) < 4.78 is 12.7. The van der Waals surface area contributed by atoms with E-state index in [4.69, 9.17) is 9.47 Å². The Morgan fingerprint density at radius 2 is 2.00 bits per heavy atom. The first-order valence-corrected chi connectivity index (χ1v) is 9.49. The lowest BCUT2D eigenvalue weighted by atomic mass is 10.2. The van der Waals surface area contributed by atoms with Crippen LogP contribution in [0.2, 0.25) is 0 Å². The first-order chi connectivity index (χ1) is 12.5. The number of fused-ring (bicyclic) bond motifs is 1. The summed E-state index contributed by atoms with van der Waals surface area (Å²) in [6.45, 7) is 0.538. The average molecular weight is 484 g/mol. The minimum atomic E-state index is -0.257. The molecule has 1 heterocycles. The summed E-state index contributed by atoms with van der Waals surface area (Å²) in [5.74, 6) is 0.786. The topological polar surface area (TPSA) is 67.9 Å². The number of ether oxygens (including phenoxy) is 2. The van der Waals surface area contributed by atoms with Gasteiger partial charge in [-0.3, -0.25) is 14.5 Å². The first kappa shape index (κ1) is 18.7. The molecule has 1 N–H and O–H groups in total. The van der Waals surface area contributed by atoms with Gasteiger partial charge in [0.25, 0.3) is 5.91 Å². The van der Waals surface area contributed by atoms with E-state index in [2.05, 4.69) is 37.2 Å². The van der Waals surface area contributed by atoms with Crippen LogP contribution in [0.1, 0.15) is 0 Å². The zero-order valence-corrected chi connectivity index (χ0v) is 16.9. The molecule has 0 aliphatic carbocycles. The lowest BCUT2D eigenvalue weighted by Crippen LogP contribution is -2.45. The quantitative estimate of drug-likeness (QED) is 0.641. The molecule has 0 atom stereocenters. The second kappa shape index (κ2) is 8.55. The molecule has 3 rings (SSSR count). The number of halogens is 2. The Morgan fingerprint density at radius 3 is 2.81 bits per heavy atom. The maximum absolute atomic E-state index is 12.2. The normalized spacial score (nSPS) is 13.0. The molecule has 0 bridgehead atoms. The van der Waals surface area contributed by atoms with Gasteiger partial charge in [-0.05, 0) is 36.4 Å². The van der Waals surface area contributed by atoms with Crippen molar-refractivity contribution in [1.82, 2.24) is 5.32 Å². The van der Waals surface area contributed by atoms with E-state index in [0.717, 1.165) is 14.7 Å². The summed E-state index contributed by atoms with van der Waals surface area (Å²) in [7, 11) is 0. The minimum absolute atomic E-state index is 0.0618. The van der Waals surface area contributed by atoms with Crippen molar-refractivity contribution in [3.63, 3.8) is 0 Å². The van der Waals surface area contributed by atoms with Crippen molar-refractivity contribution in [3.05, 3.63) is 51.4 Å². The van der Waals surface area contributed by atoms with Crippen molar-refractivity contribution in [2.45, 2.75) is 0 Å². The standard InChI is InChI=1S/C18H16Br2N2O4/c19-12-2-1-3-14(8-12)25-7-6-21-17(23)10-22-15-5-4-13(20)9-16(15)26-11-18(22)24/h1-5,8-9H,6-7,10-11H2,(H,21,23). The second-order valence-corrected chi connectivity index (χ2v) is 7.37. The molecule has 0 unspecified atom stereocenters. The van der Waals surface area contributed by atoms with Gasteiger partial charge in [0.05, 0.1) is 12.2 Å². The van der Waals surface area contributed by atoms with Crippen molar-refractivity contribution in [1.29, 1.82) is 0 Å². The molecule has 136 valence electrons. The van der Waals surface area contributed by atoms with E-state index in [-0.39, 0.29) is 25.0 Å². The Morgan fingerprint density at radius 1 is 1.19 bits per heavy atom. The third kappa shape index (κ3) is 4.76. The van der Waals surface area contributed by atoms with Crippen molar-refractivity contribution >= 4 is 49.4 Å². The zero-order chi connectivity index (χ0) is 18.5. The second-order valence-electron chi connectivity index (χ2n) is 5.54. The zero-order valence-electron chi connectivity index (χ0n) is 13.7. The third-order valence-electron chi connectivity index (χ3n) is 3.66. The van der Waals surface area contributed by atoms with Gasteiger partial charge in [-0.1, -0.05) is 37.9 Å². The van der Waals surface area contributed by atoms with Crippen molar-refractivity contribution < 1.29 is 19.1 Å². The third-order valence-corrected chi connectivity index (χ3v) is 4.64. The molecule has 2 aromatic rings. The summed E-state index contributed by atoms with van der Waals surface area (Å²) >= 11 is 6.74. The first-order valence-electron chi connectivity index (χ1n) is 7.91. The molecule has 2 aromatic carbocycles. The molecular weight excluding hydrogens is 468 g/mol. The smallest absolute Gasteiger partial charge is 0.265 e. The van der Waals surface area contributed by atoms with Crippen LogP contribution in [0.5, 0.6) is 11.5 Å². The Bertz CT molecular complexity index is 829. The molecule has 0 saturated carbocycles. The lowest BCUT2D eigenvalue weighted by Gasteiger charge is -2.29. The van der Waals surface area contributed by atoms with Crippen LogP contribution in [0.15, 0.2) is 51.4 Å². The van der Waals surface area contributed by atoms with E-state index < -0.39 is 0 Å². The molecule has 8 heteroatoms. The van der Waals surface area contributed by atoms with Gasteiger partial charge in [-0.2, -0.15) is 0 Å². The molecule has 0 saturated heterocycles. The summed E-state index contributed by atoms with van der Waals surface area (Å²) in [5.41, 5.74) is 0.588. The van der Waals surface area contributed by atoms with Crippen molar-refractivity contribution in [3.8, 4) is 11.5 Å². The predicted molar refractivity (Wildman–Crippen MR) is 105 cm³/mol. The van der Waals surface area contributed by atoms with Crippen LogP contribution >= 0.6 is 31.9 Å². The number of amides is 2. The van der Waals surface area contributed by atoms with Gasteiger partial charge < -0.3 is 14.8 Å². The Balaban J connectivity index is 1.51. The molecule has 0 radical (unpaired) electrons. The van der Waals surface area contributed by atoms with Crippen LogP contribution in [0.3, 0.4) is 0 Å².